The lowest BCUT2D eigenvalue weighted by atomic mass is 9.91. The maximum Gasteiger partial charge on any atom is 0.314 e. The number of piperazine rings is 1. The second-order valence-corrected chi connectivity index (χ2v) is 5.35. The van der Waals surface area contributed by atoms with Crippen molar-refractivity contribution < 1.29 is 13.2 Å². The summed E-state index contributed by atoms with van der Waals surface area (Å²) in [5.74, 6) is 0.271. The average Bonchev–Trinajstić information content (AvgIpc) is 2.97. The van der Waals surface area contributed by atoms with Gasteiger partial charge in [-0.2, -0.15) is 8.78 Å². The Hall–Kier alpha value is -2.09. The highest BCUT2D eigenvalue weighted by Crippen LogP contribution is 2.27. The molecule has 2 atom stereocenters. The van der Waals surface area contributed by atoms with E-state index in [4.69, 9.17) is 4.42 Å². The third-order valence-electron chi connectivity index (χ3n) is 3.87. The molecule has 2 aromatic heterocycles. The molecule has 2 unspecified atom stereocenters. The van der Waals surface area contributed by atoms with Gasteiger partial charge in [0.05, 0.1) is 5.56 Å². The Balaban J connectivity index is 1.52. The molecule has 21 heavy (non-hydrogen) atoms. The SMILES string of the molecule is FC(F)c1nnc(-c2ccc(N3CC4CC(C3)N4)nc2)o1. The molecule has 5 rings (SSSR count). The summed E-state index contributed by atoms with van der Waals surface area (Å²) in [6.45, 7) is 1.89. The summed E-state index contributed by atoms with van der Waals surface area (Å²) in [7, 11) is 0. The third kappa shape index (κ3) is 2.25. The van der Waals surface area contributed by atoms with E-state index in [1.165, 1.54) is 6.42 Å². The number of pyridine rings is 1. The van der Waals surface area contributed by atoms with E-state index >= 15 is 0 Å². The van der Waals surface area contributed by atoms with Gasteiger partial charge in [0.1, 0.15) is 5.82 Å². The van der Waals surface area contributed by atoms with Crippen LogP contribution >= 0.6 is 0 Å². The van der Waals surface area contributed by atoms with E-state index in [9.17, 15) is 8.78 Å². The third-order valence-corrected chi connectivity index (χ3v) is 3.87. The number of nitrogens with one attached hydrogen (secondary N) is 1. The van der Waals surface area contributed by atoms with Crippen LogP contribution in [0.5, 0.6) is 0 Å². The first-order chi connectivity index (χ1) is 10.2. The highest BCUT2D eigenvalue weighted by Gasteiger charge is 2.36. The predicted octanol–water partition coefficient (Wildman–Crippen LogP) is 1.62. The van der Waals surface area contributed by atoms with Crippen molar-refractivity contribution in [1.82, 2.24) is 20.5 Å². The lowest BCUT2D eigenvalue weighted by Crippen LogP contribution is -2.67. The van der Waals surface area contributed by atoms with Crippen molar-refractivity contribution >= 4 is 5.82 Å². The van der Waals surface area contributed by atoms with E-state index in [1.54, 1.807) is 12.3 Å². The number of alkyl halides is 2. The van der Waals surface area contributed by atoms with E-state index in [0.29, 0.717) is 17.6 Å². The maximum absolute atomic E-state index is 12.4. The Labute approximate surface area is 119 Å². The van der Waals surface area contributed by atoms with Crippen molar-refractivity contribution in [3.8, 4) is 11.5 Å². The van der Waals surface area contributed by atoms with Gasteiger partial charge in [0.2, 0.25) is 5.89 Å². The van der Waals surface area contributed by atoms with E-state index < -0.39 is 12.3 Å². The van der Waals surface area contributed by atoms with Gasteiger partial charge in [0, 0.05) is 31.4 Å². The Morgan fingerprint density at radius 2 is 2.00 bits per heavy atom. The van der Waals surface area contributed by atoms with Gasteiger partial charge in [-0.15, -0.1) is 10.2 Å². The summed E-state index contributed by atoms with van der Waals surface area (Å²) in [6.07, 6.45) is 0.0460. The molecule has 5 heterocycles. The van der Waals surface area contributed by atoms with Crippen LogP contribution in [0.3, 0.4) is 0 Å². The summed E-state index contributed by atoms with van der Waals surface area (Å²) in [5.41, 5.74) is 0.540. The van der Waals surface area contributed by atoms with Crippen LogP contribution in [-0.2, 0) is 0 Å². The number of hydrogen-bond acceptors (Lipinski definition) is 6. The minimum Gasteiger partial charge on any atom is -0.415 e. The van der Waals surface area contributed by atoms with Crippen molar-refractivity contribution in [2.75, 3.05) is 18.0 Å². The van der Waals surface area contributed by atoms with Crippen LogP contribution in [0.4, 0.5) is 14.6 Å². The minimum atomic E-state index is -2.76. The van der Waals surface area contributed by atoms with Gasteiger partial charge < -0.3 is 14.6 Å². The fourth-order valence-corrected chi connectivity index (χ4v) is 2.84. The van der Waals surface area contributed by atoms with Crippen molar-refractivity contribution in [2.45, 2.75) is 24.9 Å². The zero-order valence-corrected chi connectivity index (χ0v) is 11.0. The molecule has 0 radical (unpaired) electrons. The first kappa shape index (κ1) is 12.6. The number of aromatic nitrogens is 3. The number of fused-ring (bicyclic) bond motifs is 2. The molecule has 3 aliphatic rings. The van der Waals surface area contributed by atoms with Crippen molar-refractivity contribution in [3.05, 3.63) is 24.2 Å². The number of hydrogen-bond donors (Lipinski definition) is 1. The number of halogens is 2. The molecule has 1 N–H and O–H groups in total. The van der Waals surface area contributed by atoms with Gasteiger partial charge in [-0.05, 0) is 18.6 Å². The molecule has 110 valence electrons. The molecule has 3 saturated heterocycles. The Morgan fingerprint density at radius 1 is 1.24 bits per heavy atom. The molecule has 6 nitrogen and oxygen atoms in total. The molecular formula is C13H13F2N5O. The largest absolute Gasteiger partial charge is 0.415 e. The lowest BCUT2D eigenvalue weighted by Gasteiger charge is -2.48. The summed E-state index contributed by atoms with van der Waals surface area (Å²) in [6, 6.07) is 4.72. The molecule has 8 heteroatoms. The first-order valence-corrected chi connectivity index (χ1v) is 6.78. The van der Waals surface area contributed by atoms with Crippen molar-refractivity contribution in [3.63, 3.8) is 0 Å². The fourth-order valence-electron chi connectivity index (χ4n) is 2.84. The Morgan fingerprint density at radius 3 is 2.57 bits per heavy atom. The van der Waals surface area contributed by atoms with E-state index in [2.05, 4.69) is 25.4 Å². The van der Waals surface area contributed by atoms with Gasteiger partial charge >= 0.3 is 6.43 Å². The molecule has 0 amide bonds. The van der Waals surface area contributed by atoms with E-state index in [0.717, 1.165) is 18.9 Å². The highest BCUT2D eigenvalue weighted by molar-refractivity contribution is 5.55. The fraction of sp³-hybridized carbons (Fsp3) is 0.462. The maximum atomic E-state index is 12.4. The van der Waals surface area contributed by atoms with Crippen LogP contribution in [0.15, 0.2) is 22.7 Å². The minimum absolute atomic E-state index is 0.0625. The number of anilines is 1. The molecule has 0 saturated carbocycles. The zero-order valence-electron chi connectivity index (χ0n) is 11.0. The van der Waals surface area contributed by atoms with Crippen molar-refractivity contribution in [1.29, 1.82) is 0 Å². The van der Waals surface area contributed by atoms with Gasteiger partial charge in [-0.3, -0.25) is 0 Å². The van der Waals surface area contributed by atoms with Gasteiger partial charge in [0.25, 0.3) is 5.89 Å². The quantitative estimate of drug-likeness (QED) is 0.927. The topological polar surface area (TPSA) is 67.1 Å². The Bertz CT molecular complexity index is 628. The lowest BCUT2D eigenvalue weighted by molar-refractivity contribution is 0.116. The molecule has 0 aromatic carbocycles. The molecule has 3 aliphatic heterocycles. The van der Waals surface area contributed by atoms with Crippen LogP contribution in [-0.4, -0.2) is 40.4 Å². The summed E-state index contributed by atoms with van der Waals surface area (Å²) >= 11 is 0. The molecule has 0 aliphatic carbocycles. The van der Waals surface area contributed by atoms with Crippen LogP contribution in [0.2, 0.25) is 0 Å². The van der Waals surface area contributed by atoms with Gasteiger partial charge in [0.15, 0.2) is 0 Å². The molecule has 3 fully saturated rings. The van der Waals surface area contributed by atoms with Crippen LogP contribution < -0.4 is 10.2 Å². The van der Waals surface area contributed by atoms with E-state index in [1.807, 2.05) is 6.07 Å². The van der Waals surface area contributed by atoms with Crippen LogP contribution in [0, 0.1) is 0 Å². The van der Waals surface area contributed by atoms with Gasteiger partial charge in [-0.25, -0.2) is 4.98 Å². The predicted molar refractivity (Wildman–Crippen MR) is 70.0 cm³/mol. The summed E-state index contributed by atoms with van der Waals surface area (Å²) in [4.78, 5) is 6.59. The smallest absolute Gasteiger partial charge is 0.314 e. The van der Waals surface area contributed by atoms with E-state index in [-0.39, 0.29) is 5.89 Å². The number of rotatable bonds is 3. The average molecular weight is 293 g/mol. The van der Waals surface area contributed by atoms with Crippen LogP contribution in [0.1, 0.15) is 18.7 Å². The molecular weight excluding hydrogens is 280 g/mol. The molecule has 2 bridgehead atoms. The Kier molecular flexibility index (Phi) is 2.85. The van der Waals surface area contributed by atoms with Crippen LogP contribution in [0.25, 0.3) is 11.5 Å². The second kappa shape index (κ2) is 4.73. The molecule has 0 spiro atoms. The second-order valence-electron chi connectivity index (χ2n) is 5.35. The van der Waals surface area contributed by atoms with Gasteiger partial charge in [-0.1, -0.05) is 0 Å². The standard InChI is InChI=1S/C13H13F2N5O/c14-11(15)13-19-18-12(21-13)7-1-2-10(16-4-7)20-5-8-3-9(6-20)17-8/h1-2,4,8-9,11,17H,3,5-6H2. The first-order valence-electron chi connectivity index (χ1n) is 6.78. The molecule has 2 aromatic rings. The summed E-state index contributed by atoms with van der Waals surface area (Å²) in [5, 5.41) is 10.4. The van der Waals surface area contributed by atoms with Crippen molar-refractivity contribution in [2.24, 2.45) is 0 Å². The highest BCUT2D eigenvalue weighted by atomic mass is 19.3. The summed E-state index contributed by atoms with van der Waals surface area (Å²) < 4.78 is 29.7. The normalized spacial score (nSPS) is 24.2. The number of nitrogens with zero attached hydrogens (tertiary/aromatic N) is 4. The monoisotopic (exact) mass is 293 g/mol. The number of piperidine rings is 1. The zero-order chi connectivity index (χ0) is 14.4.